The van der Waals surface area contributed by atoms with Gasteiger partial charge in [-0.1, -0.05) is 25.3 Å². The fourth-order valence-electron chi connectivity index (χ4n) is 1.52. The Morgan fingerprint density at radius 1 is 1.41 bits per heavy atom. The van der Waals surface area contributed by atoms with Crippen molar-refractivity contribution in [1.82, 2.24) is 9.59 Å². The van der Waals surface area contributed by atoms with E-state index in [1.54, 1.807) is 11.3 Å². The fraction of sp³-hybridized carbons (Fsp3) is 0.417. The molecule has 0 saturated heterocycles. The molecule has 90 valence electrons. The van der Waals surface area contributed by atoms with E-state index in [4.69, 9.17) is 0 Å². The van der Waals surface area contributed by atoms with E-state index >= 15 is 0 Å². The highest BCUT2D eigenvalue weighted by molar-refractivity contribution is 7.08. The van der Waals surface area contributed by atoms with Gasteiger partial charge in [-0.15, -0.1) is 5.10 Å². The number of carbonyl (C=O) groups excluding carboxylic acids is 1. The van der Waals surface area contributed by atoms with Crippen molar-refractivity contribution in [2.45, 2.75) is 32.6 Å². The molecule has 0 fully saturated rings. The highest BCUT2D eigenvalue weighted by Gasteiger charge is 2.26. The van der Waals surface area contributed by atoms with Crippen LogP contribution in [0.4, 0.5) is 0 Å². The summed E-state index contributed by atoms with van der Waals surface area (Å²) in [5.74, 6) is 0.114. The quantitative estimate of drug-likeness (QED) is 0.800. The van der Waals surface area contributed by atoms with E-state index < -0.39 is 0 Å². The Hall–Kier alpha value is -1.07. The average molecular weight is 266 g/mol. The molecule has 3 nitrogen and oxygen atoms in total. The number of rotatable bonds is 3. The van der Waals surface area contributed by atoms with Crippen LogP contribution in [0, 0.1) is 0 Å². The maximum atomic E-state index is 12.2. The van der Waals surface area contributed by atoms with E-state index in [1.165, 1.54) is 11.5 Å². The van der Waals surface area contributed by atoms with Crippen LogP contribution in [0.5, 0.6) is 0 Å². The van der Waals surface area contributed by atoms with Crippen LogP contribution in [-0.2, 0) is 11.8 Å². The maximum absolute atomic E-state index is 12.2. The topological polar surface area (TPSA) is 42.9 Å². The van der Waals surface area contributed by atoms with Gasteiger partial charge in [-0.25, -0.2) is 0 Å². The molecule has 0 radical (unpaired) electrons. The molecule has 0 aliphatic carbocycles. The molecule has 5 heteroatoms. The van der Waals surface area contributed by atoms with Crippen LogP contribution in [0.1, 0.15) is 41.7 Å². The monoisotopic (exact) mass is 266 g/mol. The Morgan fingerprint density at radius 2 is 2.18 bits per heavy atom. The summed E-state index contributed by atoms with van der Waals surface area (Å²) in [6.45, 7) is 6.14. The lowest BCUT2D eigenvalue weighted by molar-refractivity contribution is 0.0994. The largest absolute Gasteiger partial charge is 0.293 e. The van der Waals surface area contributed by atoms with Crippen LogP contribution in [0.15, 0.2) is 16.8 Å². The molecular weight excluding hydrogens is 252 g/mol. The van der Waals surface area contributed by atoms with Crippen molar-refractivity contribution in [3.05, 3.63) is 33.0 Å². The number of aromatic nitrogens is 2. The van der Waals surface area contributed by atoms with E-state index in [-0.39, 0.29) is 11.2 Å². The molecule has 17 heavy (non-hydrogen) atoms. The zero-order valence-corrected chi connectivity index (χ0v) is 11.7. The summed E-state index contributed by atoms with van der Waals surface area (Å²) in [5, 5.41) is 8.08. The molecule has 0 N–H and O–H groups in total. The normalized spacial score (nSPS) is 11.7. The van der Waals surface area contributed by atoms with Gasteiger partial charge >= 0.3 is 0 Å². The SMILES string of the molecule is CC(C)(C)c1nnsc1C(=O)Cc1ccsc1. The van der Waals surface area contributed by atoms with Crippen molar-refractivity contribution in [3.63, 3.8) is 0 Å². The van der Waals surface area contributed by atoms with E-state index in [2.05, 4.69) is 9.59 Å². The lowest BCUT2D eigenvalue weighted by atomic mass is 9.90. The second-order valence-corrected chi connectivity index (χ2v) is 6.47. The number of hydrogen-bond donors (Lipinski definition) is 0. The molecule has 0 spiro atoms. The van der Waals surface area contributed by atoms with Crippen molar-refractivity contribution in [2.24, 2.45) is 0 Å². The van der Waals surface area contributed by atoms with Crippen LogP contribution in [0.3, 0.4) is 0 Å². The zero-order valence-electron chi connectivity index (χ0n) is 10.1. The van der Waals surface area contributed by atoms with Crippen molar-refractivity contribution >= 4 is 28.7 Å². The zero-order chi connectivity index (χ0) is 12.5. The highest BCUT2D eigenvalue weighted by Crippen LogP contribution is 2.27. The van der Waals surface area contributed by atoms with Crippen LogP contribution in [-0.4, -0.2) is 15.4 Å². The molecule has 0 aliphatic rings. The highest BCUT2D eigenvalue weighted by atomic mass is 32.1. The molecule has 2 heterocycles. The summed E-state index contributed by atoms with van der Waals surface area (Å²) in [4.78, 5) is 12.9. The second kappa shape index (κ2) is 4.66. The molecule has 0 aliphatic heterocycles. The predicted octanol–water partition coefficient (Wildman–Crippen LogP) is 3.32. The van der Waals surface area contributed by atoms with Gasteiger partial charge in [0.2, 0.25) is 0 Å². The maximum Gasteiger partial charge on any atom is 0.180 e. The van der Waals surface area contributed by atoms with Crippen molar-refractivity contribution in [1.29, 1.82) is 0 Å². The number of Topliss-reactive ketones (excluding diaryl/α,β-unsaturated/α-hetero) is 1. The minimum atomic E-state index is -0.132. The van der Waals surface area contributed by atoms with Gasteiger partial charge in [0.25, 0.3) is 0 Å². The molecule has 0 atom stereocenters. The van der Waals surface area contributed by atoms with E-state index in [0.717, 1.165) is 11.3 Å². The lowest BCUT2D eigenvalue weighted by Crippen LogP contribution is -2.17. The van der Waals surface area contributed by atoms with Gasteiger partial charge in [-0.2, -0.15) is 11.3 Å². The van der Waals surface area contributed by atoms with Gasteiger partial charge in [0.1, 0.15) is 4.88 Å². The number of ketones is 1. The van der Waals surface area contributed by atoms with Crippen molar-refractivity contribution < 1.29 is 4.79 Å². The minimum Gasteiger partial charge on any atom is -0.293 e. The molecule has 2 aromatic rings. The van der Waals surface area contributed by atoms with Crippen molar-refractivity contribution in [2.75, 3.05) is 0 Å². The van der Waals surface area contributed by atoms with Gasteiger partial charge in [-0.05, 0) is 33.9 Å². The molecule has 0 unspecified atom stereocenters. The molecule has 2 aromatic heterocycles. The summed E-state index contributed by atoms with van der Waals surface area (Å²) < 4.78 is 3.91. The Bertz CT molecular complexity index is 509. The number of nitrogens with zero attached hydrogens (tertiary/aromatic N) is 2. The smallest absolute Gasteiger partial charge is 0.180 e. The summed E-state index contributed by atoms with van der Waals surface area (Å²) in [7, 11) is 0. The fourth-order valence-corrected chi connectivity index (χ4v) is 3.00. The minimum absolute atomic E-state index is 0.114. The Kier molecular flexibility index (Phi) is 3.40. The number of carbonyl (C=O) groups is 1. The molecule has 0 saturated carbocycles. The molecule has 0 bridgehead atoms. The molecular formula is C12H14N2OS2. The first kappa shape index (κ1) is 12.4. The summed E-state index contributed by atoms with van der Waals surface area (Å²) in [6, 6.07) is 1.98. The van der Waals surface area contributed by atoms with Crippen LogP contribution >= 0.6 is 22.9 Å². The number of thiophene rings is 1. The van der Waals surface area contributed by atoms with Crippen LogP contribution in [0.2, 0.25) is 0 Å². The third kappa shape index (κ3) is 2.79. The third-order valence-corrected chi connectivity index (χ3v) is 3.90. The predicted molar refractivity (Wildman–Crippen MR) is 71.0 cm³/mol. The second-order valence-electron chi connectivity index (χ2n) is 4.93. The van der Waals surface area contributed by atoms with E-state index in [1.807, 2.05) is 37.6 Å². The summed E-state index contributed by atoms with van der Waals surface area (Å²) >= 11 is 2.81. The molecule has 2 rings (SSSR count). The molecule has 0 aromatic carbocycles. The standard InChI is InChI=1S/C12H14N2OS2/c1-12(2,3)11-10(17-14-13-11)9(15)6-8-4-5-16-7-8/h4-5,7H,6H2,1-3H3. The first-order valence-electron chi connectivity index (χ1n) is 5.35. The number of hydrogen-bond acceptors (Lipinski definition) is 5. The molecule has 0 amide bonds. The van der Waals surface area contributed by atoms with Crippen LogP contribution < -0.4 is 0 Å². The Morgan fingerprint density at radius 3 is 2.76 bits per heavy atom. The van der Waals surface area contributed by atoms with Gasteiger partial charge in [0.05, 0.1) is 5.69 Å². The Balaban J connectivity index is 2.23. The first-order chi connectivity index (χ1) is 7.98. The third-order valence-electron chi connectivity index (χ3n) is 2.40. The van der Waals surface area contributed by atoms with Gasteiger partial charge in [0, 0.05) is 11.8 Å². The van der Waals surface area contributed by atoms with Gasteiger partial charge < -0.3 is 0 Å². The first-order valence-corrected chi connectivity index (χ1v) is 7.07. The van der Waals surface area contributed by atoms with Crippen LogP contribution in [0.25, 0.3) is 0 Å². The van der Waals surface area contributed by atoms with Crippen molar-refractivity contribution in [3.8, 4) is 0 Å². The summed E-state index contributed by atoms with van der Waals surface area (Å²) in [5.41, 5.74) is 1.74. The summed E-state index contributed by atoms with van der Waals surface area (Å²) in [6.07, 6.45) is 0.441. The van der Waals surface area contributed by atoms with E-state index in [9.17, 15) is 4.79 Å². The lowest BCUT2D eigenvalue weighted by Gasteiger charge is -2.15. The van der Waals surface area contributed by atoms with E-state index in [0.29, 0.717) is 11.3 Å². The Labute approximate surface area is 109 Å². The average Bonchev–Trinajstić information content (AvgIpc) is 2.85. The van der Waals surface area contributed by atoms with Gasteiger partial charge in [0.15, 0.2) is 5.78 Å². The van der Waals surface area contributed by atoms with Gasteiger partial charge in [-0.3, -0.25) is 4.79 Å².